The molecule has 2 heterocycles. The van der Waals surface area contributed by atoms with Crippen LogP contribution in [0.15, 0.2) is 17.5 Å². The van der Waals surface area contributed by atoms with Crippen LogP contribution in [0.2, 0.25) is 0 Å². The van der Waals surface area contributed by atoms with Gasteiger partial charge in [0.1, 0.15) is 0 Å². The number of hydrogen-bond acceptors (Lipinski definition) is 4. The standard InChI is InChI=1S/C16H23NO3S/c1-17(11-13-12-19-8-9-20-13)15(18)16(6-2-3-7-16)14-5-4-10-21-14/h4-5,10,13H,2-3,6-9,11-12H2,1H3/t13-/m1/s1. The van der Waals surface area contributed by atoms with Gasteiger partial charge in [0, 0.05) is 18.5 Å². The molecule has 1 aliphatic heterocycles. The van der Waals surface area contributed by atoms with E-state index in [0.717, 1.165) is 25.7 Å². The van der Waals surface area contributed by atoms with E-state index >= 15 is 0 Å². The van der Waals surface area contributed by atoms with E-state index < -0.39 is 0 Å². The van der Waals surface area contributed by atoms with Crippen molar-refractivity contribution in [2.75, 3.05) is 33.4 Å². The maximum atomic E-state index is 13.1. The van der Waals surface area contributed by atoms with Gasteiger partial charge in [0.05, 0.1) is 31.3 Å². The van der Waals surface area contributed by atoms with Crippen molar-refractivity contribution < 1.29 is 14.3 Å². The Morgan fingerprint density at radius 3 is 2.86 bits per heavy atom. The van der Waals surface area contributed by atoms with Crippen molar-refractivity contribution >= 4 is 17.2 Å². The summed E-state index contributed by atoms with van der Waals surface area (Å²) in [5.41, 5.74) is -0.293. The summed E-state index contributed by atoms with van der Waals surface area (Å²) in [5.74, 6) is 0.247. The van der Waals surface area contributed by atoms with Crippen LogP contribution in [0.4, 0.5) is 0 Å². The number of ether oxygens (including phenoxy) is 2. The second-order valence-corrected chi connectivity index (χ2v) is 6.97. The van der Waals surface area contributed by atoms with Crippen LogP contribution in [0.5, 0.6) is 0 Å². The van der Waals surface area contributed by atoms with Crippen molar-refractivity contribution in [1.29, 1.82) is 0 Å². The van der Waals surface area contributed by atoms with Crippen molar-refractivity contribution in [1.82, 2.24) is 4.90 Å². The minimum Gasteiger partial charge on any atom is -0.376 e. The Kier molecular flexibility index (Phi) is 4.62. The fourth-order valence-electron chi connectivity index (χ4n) is 3.49. The summed E-state index contributed by atoms with van der Waals surface area (Å²) >= 11 is 1.71. The van der Waals surface area contributed by atoms with Gasteiger partial charge in [0.2, 0.25) is 5.91 Å². The molecule has 2 aliphatic rings. The van der Waals surface area contributed by atoms with E-state index in [1.807, 2.05) is 18.0 Å². The average Bonchev–Trinajstić information content (AvgIpc) is 3.19. The van der Waals surface area contributed by atoms with Gasteiger partial charge in [-0.2, -0.15) is 0 Å². The first kappa shape index (κ1) is 15.0. The van der Waals surface area contributed by atoms with Crippen LogP contribution in [0, 0.1) is 0 Å². The number of hydrogen-bond donors (Lipinski definition) is 0. The van der Waals surface area contributed by atoms with Crippen molar-refractivity contribution in [3.8, 4) is 0 Å². The Labute approximate surface area is 130 Å². The average molecular weight is 309 g/mol. The third-order valence-electron chi connectivity index (χ3n) is 4.57. The highest BCUT2D eigenvalue weighted by atomic mass is 32.1. The number of carbonyl (C=O) groups is 1. The smallest absolute Gasteiger partial charge is 0.233 e. The molecule has 1 aromatic rings. The molecule has 1 amide bonds. The molecule has 0 aromatic carbocycles. The van der Waals surface area contributed by atoms with Gasteiger partial charge >= 0.3 is 0 Å². The van der Waals surface area contributed by atoms with Crippen LogP contribution in [0.3, 0.4) is 0 Å². The van der Waals surface area contributed by atoms with E-state index in [1.165, 1.54) is 4.88 Å². The number of rotatable bonds is 4. The molecule has 2 fully saturated rings. The molecule has 0 N–H and O–H groups in total. The van der Waals surface area contributed by atoms with E-state index in [0.29, 0.717) is 26.4 Å². The summed E-state index contributed by atoms with van der Waals surface area (Å²) in [6.45, 7) is 2.49. The van der Waals surface area contributed by atoms with Gasteiger partial charge < -0.3 is 14.4 Å². The first-order valence-electron chi connectivity index (χ1n) is 7.71. The van der Waals surface area contributed by atoms with Gasteiger partial charge in [-0.3, -0.25) is 4.79 Å². The Balaban J connectivity index is 1.72. The molecule has 1 saturated heterocycles. The van der Waals surface area contributed by atoms with E-state index in [2.05, 4.69) is 11.4 Å². The lowest BCUT2D eigenvalue weighted by molar-refractivity contribution is -0.141. The minimum absolute atomic E-state index is 0.00879. The van der Waals surface area contributed by atoms with Crippen molar-refractivity contribution in [3.05, 3.63) is 22.4 Å². The van der Waals surface area contributed by atoms with Gasteiger partial charge in [0.15, 0.2) is 0 Å². The van der Waals surface area contributed by atoms with Gasteiger partial charge in [-0.25, -0.2) is 0 Å². The van der Waals surface area contributed by atoms with Gasteiger partial charge in [-0.05, 0) is 24.3 Å². The molecule has 1 aromatic heterocycles. The van der Waals surface area contributed by atoms with Crippen LogP contribution in [0.25, 0.3) is 0 Å². The molecule has 3 rings (SSSR count). The maximum absolute atomic E-state index is 13.1. The first-order valence-corrected chi connectivity index (χ1v) is 8.59. The molecule has 0 bridgehead atoms. The second kappa shape index (κ2) is 6.46. The largest absolute Gasteiger partial charge is 0.376 e. The van der Waals surface area contributed by atoms with E-state index in [9.17, 15) is 4.79 Å². The maximum Gasteiger partial charge on any atom is 0.233 e. The number of thiophene rings is 1. The molecule has 0 radical (unpaired) electrons. The normalized spacial score (nSPS) is 24.9. The summed E-state index contributed by atoms with van der Waals surface area (Å²) in [4.78, 5) is 16.1. The third-order valence-corrected chi connectivity index (χ3v) is 5.64. The first-order chi connectivity index (χ1) is 10.2. The quantitative estimate of drug-likeness (QED) is 0.857. The lowest BCUT2D eigenvalue weighted by Gasteiger charge is -2.34. The Morgan fingerprint density at radius 1 is 1.43 bits per heavy atom. The number of carbonyl (C=O) groups excluding carboxylic acids is 1. The summed E-state index contributed by atoms with van der Waals surface area (Å²) in [6.07, 6.45) is 4.23. The van der Waals surface area contributed by atoms with E-state index in [-0.39, 0.29) is 17.4 Å². The summed E-state index contributed by atoms with van der Waals surface area (Å²) in [6, 6.07) is 4.16. The molecular weight excluding hydrogens is 286 g/mol. The molecule has 1 atom stereocenters. The molecule has 5 heteroatoms. The molecule has 1 saturated carbocycles. The van der Waals surface area contributed by atoms with Crippen molar-refractivity contribution in [2.45, 2.75) is 37.2 Å². The highest BCUT2D eigenvalue weighted by molar-refractivity contribution is 7.10. The lowest BCUT2D eigenvalue weighted by atomic mass is 9.83. The topological polar surface area (TPSA) is 38.8 Å². The van der Waals surface area contributed by atoms with Crippen LogP contribution in [-0.4, -0.2) is 50.3 Å². The zero-order valence-electron chi connectivity index (χ0n) is 12.5. The molecular formula is C16H23NO3S. The fourth-order valence-corrected chi connectivity index (χ4v) is 4.47. The van der Waals surface area contributed by atoms with Crippen molar-refractivity contribution in [3.63, 3.8) is 0 Å². The second-order valence-electron chi connectivity index (χ2n) is 6.02. The molecule has 116 valence electrons. The Hall–Kier alpha value is -0.910. The summed E-state index contributed by atoms with van der Waals surface area (Å²) in [5, 5.41) is 2.07. The highest BCUT2D eigenvalue weighted by Crippen LogP contribution is 2.44. The van der Waals surface area contributed by atoms with Crippen LogP contribution >= 0.6 is 11.3 Å². The molecule has 4 nitrogen and oxygen atoms in total. The molecule has 0 spiro atoms. The molecule has 0 unspecified atom stereocenters. The highest BCUT2D eigenvalue weighted by Gasteiger charge is 2.45. The Bertz CT molecular complexity index is 462. The van der Waals surface area contributed by atoms with Gasteiger partial charge in [0.25, 0.3) is 0 Å². The van der Waals surface area contributed by atoms with Crippen LogP contribution < -0.4 is 0 Å². The predicted molar refractivity (Wildman–Crippen MR) is 82.7 cm³/mol. The SMILES string of the molecule is CN(C[C@@H]1COCCO1)C(=O)C1(c2cccs2)CCCC1. The van der Waals surface area contributed by atoms with E-state index in [4.69, 9.17) is 9.47 Å². The lowest BCUT2D eigenvalue weighted by Crippen LogP contribution is -2.48. The van der Waals surface area contributed by atoms with Gasteiger partial charge in [-0.1, -0.05) is 18.9 Å². The summed E-state index contributed by atoms with van der Waals surface area (Å²) < 4.78 is 11.1. The van der Waals surface area contributed by atoms with E-state index in [1.54, 1.807) is 11.3 Å². The minimum atomic E-state index is -0.293. The number of nitrogens with zero attached hydrogens (tertiary/aromatic N) is 1. The number of amides is 1. The predicted octanol–water partition coefficient (Wildman–Crippen LogP) is 2.43. The Morgan fingerprint density at radius 2 is 2.24 bits per heavy atom. The zero-order chi connectivity index (χ0) is 14.7. The third kappa shape index (κ3) is 3.00. The summed E-state index contributed by atoms with van der Waals surface area (Å²) in [7, 11) is 1.90. The van der Waals surface area contributed by atoms with Crippen LogP contribution in [0.1, 0.15) is 30.6 Å². The van der Waals surface area contributed by atoms with Crippen LogP contribution in [-0.2, 0) is 19.7 Å². The monoisotopic (exact) mass is 309 g/mol. The molecule has 1 aliphatic carbocycles. The fraction of sp³-hybridized carbons (Fsp3) is 0.688. The zero-order valence-corrected chi connectivity index (χ0v) is 13.4. The van der Waals surface area contributed by atoms with Gasteiger partial charge in [-0.15, -0.1) is 11.3 Å². The number of likely N-dealkylation sites (N-methyl/N-ethyl adjacent to an activating group) is 1. The molecule has 21 heavy (non-hydrogen) atoms. The van der Waals surface area contributed by atoms with Crippen molar-refractivity contribution in [2.24, 2.45) is 0 Å².